The topological polar surface area (TPSA) is 50.7 Å². The second kappa shape index (κ2) is 5.56. The molecule has 0 aliphatic carbocycles. The fourth-order valence-electron chi connectivity index (χ4n) is 1.70. The molecule has 1 aromatic carbocycles. The van der Waals surface area contributed by atoms with Gasteiger partial charge < -0.3 is 19.9 Å². The van der Waals surface area contributed by atoms with Crippen molar-refractivity contribution in [2.75, 3.05) is 13.1 Å². The molecule has 2 unspecified atom stereocenters. The van der Waals surface area contributed by atoms with Gasteiger partial charge in [0.15, 0.2) is 0 Å². The van der Waals surface area contributed by atoms with Crippen LogP contribution in [0.3, 0.4) is 0 Å². The van der Waals surface area contributed by atoms with Crippen LogP contribution in [0, 0.1) is 0 Å². The van der Waals surface area contributed by atoms with Crippen molar-refractivity contribution >= 4 is 15.9 Å². The fourth-order valence-corrected chi connectivity index (χ4v) is 2.14. The number of hydrogen-bond acceptors (Lipinski definition) is 4. The van der Waals surface area contributed by atoms with Crippen molar-refractivity contribution in [3.8, 4) is 11.5 Å². The molecule has 1 heterocycles. The maximum Gasteiger partial charge on any atom is 0.573 e. The lowest BCUT2D eigenvalue weighted by atomic mass is 10.2. The number of aliphatic hydroxyl groups is 1. The monoisotopic (exact) mass is 341 g/mol. The number of hydrogen-bond donors (Lipinski definition) is 2. The van der Waals surface area contributed by atoms with E-state index in [1.165, 1.54) is 12.1 Å². The first-order chi connectivity index (χ1) is 8.85. The molecule has 19 heavy (non-hydrogen) atoms. The predicted octanol–water partition coefficient (Wildman–Crippen LogP) is 2.06. The highest BCUT2D eigenvalue weighted by atomic mass is 79.9. The van der Waals surface area contributed by atoms with Gasteiger partial charge in [0.25, 0.3) is 0 Å². The van der Waals surface area contributed by atoms with Crippen molar-refractivity contribution in [1.29, 1.82) is 0 Å². The molecular formula is C11H11BrF3NO3. The number of halogens is 4. The number of β-amino-alcohol motifs (C(OH)–C–C–N with tert-alkyl or cyclic N) is 1. The van der Waals surface area contributed by atoms with Crippen LogP contribution in [-0.4, -0.2) is 36.8 Å². The van der Waals surface area contributed by atoms with Gasteiger partial charge in [-0.2, -0.15) is 0 Å². The van der Waals surface area contributed by atoms with Gasteiger partial charge in [-0.3, -0.25) is 0 Å². The molecule has 106 valence electrons. The van der Waals surface area contributed by atoms with Gasteiger partial charge in [-0.15, -0.1) is 13.2 Å². The maximum absolute atomic E-state index is 12.1. The van der Waals surface area contributed by atoms with Crippen LogP contribution in [0.15, 0.2) is 22.7 Å². The number of rotatable bonds is 3. The first-order valence-electron chi connectivity index (χ1n) is 5.46. The first kappa shape index (κ1) is 14.4. The van der Waals surface area contributed by atoms with Crippen molar-refractivity contribution in [3.63, 3.8) is 0 Å². The molecular weight excluding hydrogens is 331 g/mol. The number of benzene rings is 1. The summed E-state index contributed by atoms with van der Waals surface area (Å²) in [6.07, 6.45) is -5.79. The second-order valence-corrected chi connectivity index (χ2v) is 4.88. The van der Waals surface area contributed by atoms with Gasteiger partial charge in [-0.25, -0.2) is 0 Å². The van der Waals surface area contributed by atoms with Gasteiger partial charge in [0, 0.05) is 13.1 Å². The summed E-state index contributed by atoms with van der Waals surface area (Å²) >= 11 is 2.98. The molecule has 0 radical (unpaired) electrons. The van der Waals surface area contributed by atoms with E-state index in [4.69, 9.17) is 4.74 Å². The molecule has 0 aromatic heterocycles. The molecule has 2 atom stereocenters. The lowest BCUT2D eigenvalue weighted by Crippen LogP contribution is -2.29. The standard InChI is InChI=1S/C11H11BrF3NO3/c12-7-3-6(18-10-5-16-4-8(10)17)1-2-9(7)19-11(13,14)15/h1-3,8,10,16-17H,4-5H2. The first-order valence-corrected chi connectivity index (χ1v) is 6.25. The summed E-state index contributed by atoms with van der Waals surface area (Å²) in [7, 11) is 0. The van der Waals surface area contributed by atoms with E-state index >= 15 is 0 Å². The average molecular weight is 342 g/mol. The Hall–Kier alpha value is -0.990. The molecule has 2 N–H and O–H groups in total. The quantitative estimate of drug-likeness (QED) is 0.883. The summed E-state index contributed by atoms with van der Waals surface area (Å²) in [6.45, 7) is 0.917. The van der Waals surface area contributed by atoms with Gasteiger partial charge in [0.2, 0.25) is 0 Å². The van der Waals surface area contributed by atoms with E-state index in [0.29, 0.717) is 18.8 Å². The van der Waals surface area contributed by atoms with Crippen molar-refractivity contribution in [1.82, 2.24) is 5.32 Å². The van der Waals surface area contributed by atoms with Crippen LogP contribution in [0.2, 0.25) is 0 Å². The largest absolute Gasteiger partial charge is 0.573 e. The summed E-state index contributed by atoms with van der Waals surface area (Å²) in [6, 6.07) is 3.88. The molecule has 1 aromatic rings. The summed E-state index contributed by atoms with van der Waals surface area (Å²) in [5.74, 6) is 0.0131. The summed E-state index contributed by atoms with van der Waals surface area (Å²) in [5.41, 5.74) is 0. The van der Waals surface area contributed by atoms with Crippen LogP contribution in [0.4, 0.5) is 13.2 Å². The third-order valence-electron chi connectivity index (χ3n) is 2.54. The van der Waals surface area contributed by atoms with Crippen molar-refractivity contribution in [2.24, 2.45) is 0 Å². The third-order valence-corrected chi connectivity index (χ3v) is 3.16. The second-order valence-electron chi connectivity index (χ2n) is 4.02. The van der Waals surface area contributed by atoms with Gasteiger partial charge in [-0.1, -0.05) is 0 Å². The molecule has 1 fully saturated rings. The highest BCUT2D eigenvalue weighted by Crippen LogP contribution is 2.33. The maximum atomic E-state index is 12.1. The Balaban J connectivity index is 2.06. The molecule has 0 spiro atoms. The van der Waals surface area contributed by atoms with Gasteiger partial charge in [0.1, 0.15) is 23.7 Å². The van der Waals surface area contributed by atoms with Crippen LogP contribution in [0.25, 0.3) is 0 Å². The van der Waals surface area contributed by atoms with Crippen LogP contribution in [-0.2, 0) is 0 Å². The van der Waals surface area contributed by atoms with Crippen LogP contribution in [0.1, 0.15) is 0 Å². The van der Waals surface area contributed by atoms with Crippen molar-refractivity contribution < 1.29 is 27.8 Å². The summed E-state index contributed by atoms with van der Waals surface area (Å²) in [5, 5.41) is 12.5. The fraction of sp³-hybridized carbons (Fsp3) is 0.455. The molecule has 4 nitrogen and oxygen atoms in total. The zero-order chi connectivity index (χ0) is 14.0. The Morgan fingerprint density at radius 3 is 2.58 bits per heavy atom. The minimum Gasteiger partial charge on any atom is -0.486 e. The average Bonchev–Trinajstić information content (AvgIpc) is 2.67. The van der Waals surface area contributed by atoms with Crippen molar-refractivity contribution in [2.45, 2.75) is 18.6 Å². The van der Waals surface area contributed by atoms with E-state index in [1.807, 2.05) is 0 Å². The number of alkyl halides is 3. The van der Waals surface area contributed by atoms with Gasteiger partial charge in [-0.05, 0) is 34.1 Å². The Bertz CT molecular complexity index is 455. The summed E-state index contributed by atoms with van der Waals surface area (Å²) in [4.78, 5) is 0. The summed E-state index contributed by atoms with van der Waals surface area (Å²) < 4.78 is 45.7. The van der Waals surface area contributed by atoms with E-state index in [1.54, 1.807) is 0 Å². The van der Waals surface area contributed by atoms with Crippen LogP contribution in [0.5, 0.6) is 11.5 Å². The van der Waals surface area contributed by atoms with E-state index in [0.717, 1.165) is 6.07 Å². The van der Waals surface area contributed by atoms with Gasteiger partial charge in [0.05, 0.1) is 4.47 Å². The molecule has 1 aliphatic rings. The van der Waals surface area contributed by atoms with E-state index in [-0.39, 0.29) is 10.2 Å². The highest BCUT2D eigenvalue weighted by molar-refractivity contribution is 9.10. The molecule has 1 aliphatic heterocycles. The molecule has 1 saturated heterocycles. The molecule has 0 amide bonds. The highest BCUT2D eigenvalue weighted by Gasteiger charge is 2.32. The Morgan fingerprint density at radius 2 is 2.05 bits per heavy atom. The zero-order valence-corrected chi connectivity index (χ0v) is 11.2. The van der Waals surface area contributed by atoms with E-state index < -0.39 is 18.6 Å². The molecule has 8 heteroatoms. The Morgan fingerprint density at radius 1 is 1.32 bits per heavy atom. The lowest BCUT2D eigenvalue weighted by Gasteiger charge is -2.17. The number of nitrogens with one attached hydrogen (secondary N) is 1. The Kier molecular flexibility index (Phi) is 4.22. The minimum absolute atomic E-state index is 0.128. The Labute approximate surface area is 115 Å². The smallest absolute Gasteiger partial charge is 0.486 e. The van der Waals surface area contributed by atoms with E-state index in [9.17, 15) is 18.3 Å². The lowest BCUT2D eigenvalue weighted by molar-refractivity contribution is -0.274. The minimum atomic E-state index is -4.74. The van der Waals surface area contributed by atoms with Gasteiger partial charge >= 0.3 is 6.36 Å². The number of ether oxygens (including phenoxy) is 2. The third kappa shape index (κ3) is 3.99. The van der Waals surface area contributed by atoms with E-state index in [2.05, 4.69) is 26.0 Å². The normalized spacial score (nSPS) is 23.4. The van der Waals surface area contributed by atoms with Crippen LogP contribution < -0.4 is 14.8 Å². The number of aliphatic hydroxyl groups excluding tert-OH is 1. The molecule has 2 rings (SSSR count). The SMILES string of the molecule is OC1CNCC1Oc1ccc(OC(F)(F)F)c(Br)c1. The zero-order valence-electron chi connectivity index (χ0n) is 9.58. The van der Waals surface area contributed by atoms with Crippen molar-refractivity contribution in [3.05, 3.63) is 22.7 Å². The molecule has 0 bridgehead atoms. The van der Waals surface area contributed by atoms with Crippen LogP contribution >= 0.6 is 15.9 Å². The predicted molar refractivity (Wildman–Crippen MR) is 64.1 cm³/mol. The molecule has 0 saturated carbocycles.